The van der Waals surface area contributed by atoms with Crippen molar-refractivity contribution in [3.63, 3.8) is 0 Å². The number of ether oxygens (including phenoxy) is 1. The number of rotatable bonds is 8. The van der Waals surface area contributed by atoms with Gasteiger partial charge in [-0.05, 0) is 26.7 Å². The van der Waals surface area contributed by atoms with Crippen molar-refractivity contribution < 1.29 is 14.6 Å². The summed E-state index contributed by atoms with van der Waals surface area (Å²) in [6, 6.07) is 0. The molecule has 0 saturated carbocycles. The number of esters is 1. The molecule has 94 valence electrons. The van der Waals surface area contributed by atoms with Crippen LogP contribution in [0.2, 0.25) is 0 Å². The van der Waals surface area contributed by atoms with Crippen molar-refractivity contribution >= 4 is 5.97 Å². The van der Waals surface area contributed by atoms with Gasteiger partial charge in [0.15, 0.2) is 0 Å². The van der Waals surface area contributed by atoms with Gasteiger partial charge in [-0.15, -0.1) is 0 Å². The predicted molar refractivity (Wildman–Crippen MR) is 64.2 cm³/mol. The Balaban J connectivity index is 3.90. The molecule has 2 N–H and O–H groups in total. The Bertz CT molecular complexity index is 228. The van der Waals surface area contributed by atoms with E-state index in [2.05, 4.69) is 19.2 Å². The van der Waals surface area contributed by atoms with Crippen LogP contribution in [0.15, 0.2) is 12.2 Å². The molecule has 0 aliphatic rings. The van der Waals surface area contributed by atoms with Gasteiger partial charge in [0, 0.05) is 24.8 Å². The molecule has 16 heavy (non-hydrogen) atoms. The number of hydrogen-bond acceptors (Lipinski definition) is 4. The first kappa shape index (κ1) is 15.1. The maximum absolute atomic E-state index is 11.0. The second-order valence-electron chi connectivity index (χ2n) is 3.92. The SMILES string of the molecule is CCOC(=O)/C=C/CNC(C)(CC)CCO. The molecule has 1 atom stereocenters. The van der Waals surface area contributed by atoms with Gasteiger partial charge in [0.25, 0.3) is 0 Å². The number of aliphatic hydroxyl groups is 1. The minimum atomic E-state index is -0.315. The van der Waals surface area contributed by atoms with E-state index in [-0.39, 0.29) is 18.1 Å². The Labute approximate surface area is 97.7 Å². The van der Waals surface area contributed by atoms with Crippen molar-refractivity contribution in [2.24, 2.45) is 0 Å². The van der Waals surface area contributed by atoms with Crippen molar-refractivity contribution in [3.8, 4) is 0 Å². The van der Waals surface area contributed by atoms with Gasteiger partial charge in [0.2, 0.25) is 0 Å². The molecule has 4 heteroatoms. The Kier molecular flexibility index (Phi) is 7.85. The monoisotopic (exact) mass is 229 g/mol. The molecule has 0 aliphatic carbocycles. The summed E-state index contributed by atoms with van der Waals surface area (Å²) in [4.78, 5) is 11.0. The summed E-state index contributed by atoms with van der Waals surface area (Å²) in [7, 11) is 0. The number of aliphatic hydroxyl groups excluding tert-OH is 1. The average molecular weight is 229 g/mol. The lowest BCUT2D eigenvalue weighted by Gasteiger charge is -2.28. The molecule has 0 radical (unpaired) electrons. The molecule has 0 aromatic carbocycles. The molecule has 0 amide bonds. The molecule has 0 aliphatic heterocycles. The quantitative estimate of drug-likeness (QED) is 0.486. The fourth-order valence-electron chi connectivity index (χ4n) is 1.29. The van der Waals surface area contributed by atoms with Gasteiger partial charge in [-0.3, -0.25) is 0 Å². The summed E-state index contributed by atoms with van der Waals surface area (Å²) in [5.41, 5.74) is -0.0756. The van der Waals surface area contributed by atoms with E-state index in [9.17, 15) is 4.79 Å². The van der Waals surface area contributed by atoms with Crippen LogP contribution in [0, 0.1) is 0 Å². The second kappa shape index (κ2) is 8.30. The molecular weight excluding hydrogens is 206 g/mol. The van der Waals surface area contributed by atoms with Crippen LogP contribution in [0.25, 0.3) is 0 Å². The molecular formula is C12H23NO3. The first-order valence-corrected chi connectivity index (χ1v) is 5.77. The first-order chi connectivity index (χ1) is 7.58. The van der Waals surface area contributed by atoms with Crippen LogP contribution in [0.5, 0.6) is 0 Å². The Morgan fingerprint density at radius 2 is 2.19 bits per heavy atom. The first-order valence-electron chi connectivity index (χ1n) is 5.77. The van der Waals surface area contributed by atoms with Gasteiger partial charge in [-0.2, -0.15) is 0 Å². The largest absolute Gasteiger partial charge is 0.463 e. The number of nitrogens with one attached hydrogen (secondary N) is 1. The fourth-order valence-corrected chi connectivity index (χ4v) is 1.29. The van der Waals surface area contributed by atoms with E-state index < -0.39 is 0 Å². The van der Waals surface area contributed by atoms with Crippen molar-refractivity contribution in [2.45, 2.75) is 39.2 Å². The molecule has 0 saturated heterocycles. The molecule has 0 rings (SSSR count). The van der Waals surface area contributed by atoms with Crippen LogP contribution in [-0.4, -0.2) is 36.4 Å². The summed E-state index contributed by atoms with van der Waals surface area (Å²) < 4.78 is 4.75. The third kappa shape index (κ3) is 6.58. The Morgan fingerprint density at radius 1 is 1.50 bits per heavy atom. The summed E-state index contributed by atoms with van der Waals surface area (Å²) in [5.74, 6) is -0.315. The molecule has 0 fully saturated rings. The van der Waals surface area contributed by atoms with E-state index in [0.29, 0.717) is 19.6 Å². The third-order valence-electron chi connectivity index (χ3n) is 2.63. The predicted octanol–water partition coefficient (Wildman–Crippen LogP) is 1.25. The van der Waals surface area contributed by atoms with Crippen LogP contribution in [0.4, 0.5) is 0 Å². The number of hydrogen-bond donors (Lipinski definition) is 2. The minimum Gasteiger partial charge on any atom is -0.463 e. The number of carbonyl (C=O) groups is 1. The van der Waals surface area contributed by atoms with Crippen LogP contribution in [-0.2, 0) is 9.53 Å². The lowest BCUT2D eigenvalue weighted by Crippen LogP contribution is -2.42. The average Bonchev–Trinajstić information content (AvgIpc) is 2.25. The topological polar surface area (TPSA) is 58.6 Å². The van der Waals surface area contributed by atoms with E-state index in [0.717, 1.165) is 6.42 Å². The van der Waals surface area contributed by atoms with Gasteiger partial charge in [-0.25, -0.2) is 4.79 Å². The molecule has 0 aromatic heterocycles. The molecule has 0 bridgehead atoms. The highest BCUT2D eigenvalue weighted by molar-refractivity contribution is 5.81. The van der Waals surface area contributed by atoms with Gasteiger partial charge in [0.05, 0.1) is 6.61 Å². The van der Waals surface area contributed by atoms with Gasteiger partial charge >= 0.3 is 5.97 Å². The lowest BCUT2D eigenvalue weighted by atomic mass is 9.95. The fraction of sp³-hybridized carbons (Fsp3) is 0.750. The maximum Gasteiger partial charge on any atom is 0.330 e. The number of carbonyl (C=O) groups excluding carboxylic acids is 1. The van der Waals surface area contributed by atoms with Crippen molar-refractivity contribution in [1.82, 2.24) is 5.32 Å². The highest BCUT2D eigenvalue weighted by Gasteiger charge is 2.19. The highest BCUT2D eigenvalue weighted by Crippen LogP contribution is 2.12. The molecule has 1 unspecified atom stereocenters. The van der Waals surface area contributed by atoms with Gasteiger partial charge < -0.3 is 15.2 Å². The molecule has 0 heterocycles. The second-order valence-corrected chi connectivity index (χ2v) is 3.92. The summed E-state index contributed by atoms with van der Waals surface area (Å²) in [5, 5.41) is 12.2. The van der Waals surface area contributed by atoms with E-state index in [1.165, 1.54) is 6.08 Å². The van der Waals surface area contributed by atoms with Crippen LogP contribution >= 0.6 is 0 Å². The smallest absolute Gasteiger partial charge is 0.330 e. The van der Waals surface area contributed by atoms with E-state index in [1.54, 1.807) is 13.0 Å². The Hall–Kier alpha value is -0.870. The lowest BCUT2D eigenvalue weighted by molar-refractivity contribution is -0.137. The molecule has 0 aromatic rings. The van der Waals surface area contributed by atoms with Crippen molar-refractivity contribution in [2.75, 3.05) is 19.8 Å². The van der Waals surface area contributed by atoms with E-state index in [1.807, 2.05) is 0 Å². The zero-order valence-electron chi connectivity index (χ0n) is 10.5. The van der Waals surface area contributed by atoms with Crippen LogP contribution < -0.4 is 5.32 Å². The van der Waals surface area contributed by atoms with Gasteiger partial charge in [-0.1, -0.05) is 13.0 Å². The maximum atomic E-state index is 11.0. The normalized spacial score (nSPS) is 15.0. The van der Waals surface area contributed by atoms with Crippen molar-refractivity contribution in [1.29, 1.82) is 0 Å². The zero-order chi connectivity index (χ0) is 12.4. The van der Waals surface area contributed by atoms with Gasteiger partial charge in [0.1, 0.15) is 0 Å². The van der Waals surface area contributed by atoms with Crippen LogP contribution in [0.1, 0.15) is 33.6 Å². The third-order valence-corrected chi connectivity index (χ3v) is 2.63. The molecule has 0 spiro atoms. The summed E-state index contributed by atoms with van der Waals surface area (Å²) in [6.45, 7) is 7.06. The Morgan fingerprint density at radius 3 is 2.69 bits per heavy atom. The summed E-state index contributed by atoms with van der Waals surface area (Å²) >= 11 is 0. The van der Waals surface area contributed by atoms with E-state index in [4.69, 9.17) is 9.84 Å². The summed E-state index contributed by atoms with van der Waals surface area (Å²) in [6.07, 6.45) is 4.80. The molecule has 4 nitrogen and oxygen atoms in total. The standard InChI is InChI=1S/C12H23NO3/c1-4-12(3,8-10-14)13-9-6-7-11(15)16-5-2/h6-7,13-14H,4-5,8-10H2,1-3H3/b7-6+. The van der Waals surface area contributed by atoms with Crippen LogP contribution in [0.3, 0.4) is 0 Å². The zero-order valence-corrected chi connectivity index (χ0v) is 10.5. The highest BCUT2D eigenvalue weighted by atomic mass is 16.5. The minimum absolute atomic E-state index is 0.0756. The van der Waals surface area contributed by atoms with E-state index >= 15 is 0 Å². The van der Waals surface area contributed by atoms with Crippen molar-refractivity contribution in [3.05, 3.63) is 12.2 Å².